The summed E-state index contributed by atoms with van der Waals surface area (Å²) in [6.45, 7) is 0.972. The molecule has 1 aromatic heterocycles. The van der Waals surface area contributed by atoms with Crippen molar-refractivity contribution in [2.24, 2.45) is 5.73 Å². The van der Waals surface area contributed by atoms with Gasteiger partial charge in [0.15, 0.2) is 11.6 Å². The largest absolute Gasteiger partial charge is 0.340 e. The van der Waals surface area contributed by atoms with Crippen LogP contribution in [0.2, 0.25) is 10.0 Å². The molecular formula is C19H17Cl2F3N4. The molecule has 2 atom stereocenters. The Balaban J connectivity index is 1.81. The van der Waals surface area contributed by atoms with E-state index in [1.165, 1.54) is 0 Å². The van der Waals surface area contributed by atoms with Crippen LogP contribution in [0.3, 0.4) is 0 Å². The van der Waals surface area contributed by atoms with Crippen LogP contribution < -0.4 is 10.6 Å². The van der Waals surface area contributed by atoms with Gasteiger partial charge in [-0.3, -0.25) is 0 Å². The standard InChI is InChI=1S/C19H17Cl2F3N4/c20-11-2-1-10(5-12(11)21)8-28-18-7-15(24)14(23)6-17(18)26-19(28)27-4-3-13(22)16(25)9-27/h1-2,5-7,13,16H,3-4,8-9,25H2/t13?,16-/m1/s1. The maximum Gasteiger partial charge on any atom is 0.206 e. The molecule has 2 aromatic carbocycles. The normalized spacial score (nSPS) is 20.1. The number of benzene rings is 2. The fraction of sp³-hybridized carbons (Fsp3) is 0.316. The third kappa shape index (κ3) is 3.54. The van der Waals surface area contributed by atoms with Crippen LogP contribution in [0.5, 0.6) is 0 Å². The molecule has 0 aliphatic carbocycles. The van der Waals surface area contributed by atoms with E-state index < -0.39 is 23.8 Å². The summed E-state index contributed by atoms with van der Waals surface area (Å²) in [4.78, 5) is 6.32. The van der Waals surface area contributed by atoms with Crippen molar-refractivity contribution in [3.63, 3.8) is 0 Å². The van der Waals surface area contributed by atoms with Crippen LogP contribution >= 0.6 is 23.2 Å². The van der Waals surface area contributed by atoms with E-state index in [0.29, 0.717) is 40.1 Å². The molecule has 28 heavy (non-hydrogen) atoms. The highest BCUT2D eigenvalue weighted by molar-refractivity contribution is 6.42. The second-order valence-electron chi connectivity index (χ2n) is 6.92. The average molecular weight is 429 g/mol. The monoisotopic (exact) mass is 428 g/mol. The lowest BCUT2D eigenvalue weighted by atomic mass is 10.1. The minimum Gasteiger partial charge on any atom is -0.340 e. The first-order valence-electron chi connectivity index (χ1n) is 8.77. The summed E-state index contributed by atoms with van der Waals surface area (Å²) in [7, 11) is 0. The first-order valence-corrected chi connectivity index (χ1v) is 9.53. The SMILES string of the molecule is N[C@@H]1CN(c2nc3cc(F)c(F)cc3n2Cc2ccc(Cl)c(Cl)c2)CCC1F. The number of nitrogens with two attached hydrogens (primary N) is 1. The highest BCUT2D eigenvalue weighted by Crippen LogP contribution is 2.30. The van der Waals surface area contributed by atoms with Crippen molar-refractivity contribution >= 4 is 40.2 Å². The summed E-state index contributed by atoms with van der Waals surface area (Å²) in [6.07, 6.45) is -0.820. The Morgan fingerprint density at radius 3 is 2.57 bits per heavy atom. The Morgan fingerprint density at radius 1 is 1.11 bits per heavy atom. The van der Waals surface area contributed by atoms with Gasteiger partial charge in [-0.2, -0.15) is 0 Å². The van der Waals surface area contributed by atoms with Crippen molar-refractivity contribution in [1.29, 1.82) is 0 Å². The summed E-state index contributed by atoms with van der Waals surface area (Å²) in [5, 5.41) is 0.813. The van der Waals surface area contributed by atoms with Gasteiger partial charge in [0.1, 0.15) is 6.17 Å². The maximum atomic E-state index is 13.9. The number of hydrogen-bond donors (Lipinski definition) is 1. The van der Waals surface area contributed by atoms with Gasteiger partial charge in [-0.25, -0.2) is 18.2 Å². The van der Waals surface area contributed by atoms with Gasteiger partial charge in [0.05, 0.1) is 33.7 Å². The molecule has 1 aliphatic heterocycles. The van der Waals surface area contributed by atoms with E-state index in [1.807, 2.05) is 4.90 Å². The number of imidazole rings is 1. The third-order valence-electron chi connectivity index (χ3n) is 4.95. The zero-order valence-electron chi connectivity index (χ0n) is 14.7. The molecule has 0 spiro atoms. The molecule has 1 aliphatic rings. The first-order chi connectivity index (χ1) is 13.3. The second kappa shape index (κ2) is 7.46. The van der Waals surface area contributed by atoms with Crippen molar-refractivity contribution in [2.45, 2.75) is 25.2 Å². The molecule has 0 radical (unpaired) electrons. The number of piperidine rings is 1. The van der Waals surface area contributed by atoms with Crippen molar-refractivity contribution in [2.75, 3.05) is 18.0 Å². The quantitative estimate of drug-likeness (QED) is 0.665. The first kappa shape index (κ1) is 19.4. The van der Waals surface area contributed by atoms with Crippen molar-refractivity contribution < 1.29 is 13.2 Å². The number of alkyl halides is 1. The molecule has 9 heteroatoms. The molecule has 2 N–H and O–H groups in total. The van der Waals surface area contributed by atoms with Crippen LogP contribution in [0.25, 0.3) is 11.0 Å². The molecule has 2 heterocycles. The van der Waals surface area contributed by atoms with Gasteiger partial charge >= 0.3 is 0 Å². The molecule has 148 valence electrons. The van der Waals surface area contributed by atoms with Gasteiger partial charge in [-0.05, 0) is 24.1 Å². The van der Waals surface area contributed by atoms with E-state index in [4.69, 9.17) is 28.9 Å². The molecule has 4 rings (SSSR count). The Labute approximate surface area is 169 Å². The van der Waals surface area contributed by atoms with E-state index in [9.17, 15) is 13.2 Å². The minimum atomic E-state index is -1.08. The number of hydrogen-bond acceptors (Lipinski definition) is 3. The lowest BCUT2D eigenvalue weighted by Crippen LogP contribution is -2.50. The summed E-state index contributed by atoms with van der Waals surface area (Å²) < 4.78 is 43.2. The van der Waals surface area contributed by atoms with Gasteiger partial charge in [-0.15, -0.1) is 0 Å². The van der Waals surface area contributed by atoms with Crippen LogP contribution in [0, 0.1) is 11.6 Å². The topological polar surface area (TPSA) is 47.1 Å². The molecule has 0 saturated carbocycles. The lowest BCUT2D eigenvalue weighted by molar-refractivity contribution is 0.243. The minimum absolute atomic E-state index is 0.261. The van der Waals surface area contributed by atoms with Crippen LogP contribution in [0.4, 0.5) is 19.1 Å². The Bertz CT molecular complexity index is 1040. The van der Waals surface area contributed by atoms with E-state index >= 15 is 0 Å². The lowest BCUT2D eigenvalue weighted by Gasteiger charge is -2.34. The zero-order valence-corrected chi connectivity index (χ0v) is 16.2. The second-order valence-corrected chi connectivity index (χ2v) is 7.73. The van der Waals surface area contributed by atoms with E-state index in [0.717, 1.165) is 17.7 Å². The van der Waals surface area contributed by atoms with Gasteiger partial charge in [0, 0.05) is 25.2 Å². The predicted molar refractivity (Wildman–Crippen MR) is 105 cm³/mol. The highest BCUT2D eigenvalue weighted by Gasteiger charge is 2.29. The van der Waals surface area contributed by atoms with Gasteiger partial charge in [-0.1, -0.05) is 29.3 Å². The summed E-state index contributed by atoms with van der Waals surface area (Å²) in [6, 6.07) is 6.69. The fourth-order valence-electron chi connectivity index (χ4n) is 3.46. The van der Waals surface area contributed by atoms with Crippen LogP contribution in [-0.4, -0.2) is 34.9 Å². The van der Waals surface area contributed by atoms with Crippen molar-refractivity contribution in [1.82, 2.24) is 9.55 Å². The van der Waals surface area contributed by atoms with Crippen LogP contribution in [0.1, 0.15) is 12.0 Å². The summed E-state index contributed by atoms with van der Waals surface area (Å²) >= 11 is 12.1. The molecule has 0 bridgehead atoms. The van der Waals surface area contributed by atoms with Gasteiger partial charge < -0.3 is 15.2 Å². The van der Waals surface area contributed by atoms with E-state index in [2.05, 4.69) is 4.98 Å². The Morgan fingerprint density at radius 2 is 1.86 bits per heavy atom. The molecule has 1 unspecified atom stereocenters. The fourth-order valence-corrected chi connectivity index (χ4v) is 3.78. The number of nitrogens with zero attached hydrogens (tertiary/aromatic N) is 3. The highest BCUT2D eigenvalue weighted by atomic mass is 35.5. The molecule has 3 aromatic rings. The average Bonchev–Trinajstić information content (AvgIpc) is 2.98. The van der Waals surface area contributed by atoms with Crippen molar-refractivity contribution in [3.05, 3.63) is 57.6 Å². The summed E-state index contributed by atoms with van der Waals surface area (Å²) in [5.74, 6) is -1.46. The van der Waals surface area contributed by atoms with Crippen molar-refractivity contribution in [3.8, 4) is 0 Å². The van der Waals surface area contributed by atoms with Crippen LogP contribution in [0.15, 0.2) is 30.3 Å². The smallest absolute Gasteiger partial charge is 0.206 e. The van der Waals surface area contributed by atoms with Gasteiger partial charge in [0.25, 0.3) is 0 Å². The molecule has 0 amide bonds. The predicted octanol–water partition coefficient (Wildman–Crippen LogP) is 4.55. The van der Waals surface area contributed by atoms with E-state index in [-0.39, 0.29) is 13.0 Å². The van der Waals surface area contributed by atoms with E-state index in [1.54, 1.807) is 22.8 Å². The summed E-state index contributed by atoms with van der Waals surface area (Å²) in [5.41, 5.74) is 7.43. The molecular weight excluding hydrogens is 412 g/mol. The van der Waals surface area contributed by atoms with Gasteiger partial charge in [0.2, 0.25) is 5.95 Å². The zero-order chi connectivity index (χ0) is 20.0. The molecule has 4 nitrogen and oxygen atoms in total. The number of aromatic nitrogens is 2. The third-order valence-corrected chi connectivity index (χ3v) is 5.69. The number of anilines is 1. The maximum absolute atomic E-state index is 13.9. The Hall–Kier alpha value is -1.96. The number of fused-ring (bicyclic) bond motifs is 1. The number of rotatable bonds is 3. The molecule has 1 fully saturated rings. The van der Waals surface area contributed by atoms with Crippen LogP contribution in [-0.2, 0) is 6.54 Å². The number of halogens is 5. The Kier molecular flexibility index (Phi) is 5.16. The molecule has 1 saturated heterocycles.